The molecule has 1 aromatic heterocycles. The first kappa shape index (κ1) is 26.1. The second-order valence-electron chi connectivity index (χ2n) is 10.0. The first-order chi connectivity index (χ1) is 18.9. The van der Waals surface area contributed by atoms with E-state index in [1.807, 2.05) is 17.0 Å². The Balaban J connectivity index is 1.34. The Morgan fingerprint density at radius 1 is 1.10 bits per heavy atom. The number of aromatic nitrogens is 2. The van der Waals surface area contributed by atoms with E-state index < -0.39 is 5.82 Å². The summed E-state index contributed by atoms with van der Waals surface area (Å²) in [5.74, 6) is 0.767. The van der Waals surface area contributed by atoms with Crippen LogP contribution in [-0.2, 0) is 9.53 Å². The Morgan fingerprint density at radius 2 is 1.85 bits per heavy atom. The Labute approximate surface area is 235 Å². The number of ether oxygens (including phenoxy) is 3. The third kappa shape index (κ3) is 5.11. The van der Waals surface area contributed by atoms with E-state index in [4.69, 9.17) is 37.4 Å². The molecule has 39 heavy (non-hydrogen) atoms. The summed E-state index contributed by atoms with van der Waals surface area (Å²) in [4.78, 5) is 23.1. The topological polar surface area (TPSA) is 85.8 Å². The number of benzene rings is 2. The van der Waals surface area contributed by atoms with Gasteiger partial charge in [-0.15, -0.1) is 0 Å². The lowest BCUT2D eigenvalue weighted by Gasteiger charge is -2.38. The fraction of sp³-hybridized carbons (Fsp3) is 0.393. The maximum Gasteiger partial charge on any atom is 0.246 e. The highest BCUT2D eigenvalue weighted by Crippen LogP contribution is 2.42. The van der Waals surface area contributed by atoms with E-state index in [-0.39, 0.29) is 45.9 Å². The summed E-state index contributed by atoms with van der Waals surface area (Å²) in [6.45, 7) is 4.79. The number of nitrogens with one attached hydrogen (secondary N) is 1. The minimum absolute atomic E-state index is 0.0284. The third-order valence-electron chi connectivity index (χ3n) is 7.58. The highest BCUT2D eigenvalue weighted by atomic mass is 35.5. The molecule has 11 heteroatoms. The van der Waals surface area contributed by atoms with Gasteiger partial charge in [-0.1, -0.05) is 29.8 Å². The number of rotatable bonds is 7. The van der Waals surface area contributed by atoms with Crippen LogP contribution in [0.5, 0.6) is 11.5 Å². The summed E-state index contributed by atoms with van der Waals surface area (Å²) in [6.07, 6.45) is 6.67. The second-order valence-corrected chi connectivity index (χ2v) is 10.8. The minimum atomic E-state index is -0.676. The van der Waals surface area contributed by atoms with Crippen molar-refractivity contribution in [1.82, 2.24) is 14.9 Å². The molecule has 3 aliphatic heterocycles. The summed E-state index contributed by atoms with van der Waals surface area (Å²) in [5.41, 5.74) is 0.729. The van der Waals surface area contributed by atoms with Gasteiger partial charge < -0.3 is 24.4 Å². The standard InChI is InChI=1S/C28H27Cl2FN4O4/c1-2-25(36)35-15-3-4-16(35)10-18(9-15)39-23-11-19-22(12-24(23)38-17-7-8-37-13-17)32-14-33-28(19)34-21-6-5-20(29)26(30)27(21)31/h2,5-6,11-12,14-18H,1,3-4,7-10,13H2,(H,32,33,34)/t15-,16+,17?,18?. The fourth-order valence-electron chi connectivity index (χ4n) is 5.75. The van der Waals surface area contributed by atoms with Crippen LogP contribution < -0.4 is 14.8 Å². The van der Waals surface area contributed by atoms with Crippen LogP contribution in [-0.4, -0.2) is 58.3 Å². The van der Waals surface area contributed by atoms with Crippen molar-refractivity contribution in [2.24, 2.45) is 0 Å². The van der Waals surface area contributed by atoms with E-state index in [1.54, 1.807) is 0 Å². The van der Waals surface area contributed by atoms with Gasteiger partial charge in [0.25, 0.3) is 0 Å². The lowest BCUT2D eigenvalue weighted by atomic mass is 9.99. The number of halogens is 3. The first-order valence-electron chi connectivity index (χ1n) is 13.0. The van der Waals surface area contributed by atoms with Gasteiger partial charge in [0.05, 0.1) is 34.5 Å². The Kier molecular flexibility index (Phi) is 7.22. The lowest BCUT2D eigenvalue weighted by molar-refractivity contribution is -0.131. The van der Waals surface area contributed by atoms with Gasteiger partial charge in [-0.05, 0) is 37.1 Å². The van der Waals surface area contributed by atoms with Crippen LogP contribution in [0.4, 0.5) is 15.9 Å². The van der Waals surface area contributed by atoms with E-state index in [1.165, 1.54) is 24.5 Å². The fourth-order valence-corrected chi connectivity index (χ4v) is 6.06. The average Bonchev–Trinajstić information content (AvgIpc) is 3.54. The number of anilines is 2. The zero-order valence-corrected chi connectivity index (χ0v) is 22.6. The van der Waals surface area contributed by atoms with Gasteiger partial charge >= 0.3 is 0 Å². The van der Waals surface area contributed by atoms with E-state index in [0.29, 0.717) is 54.3 Å². The SMILES string of the molecule is C=CC(=O)N1[C@@H]2CC[C@H]1CC(Oc1cc3c(Nc4ccc(Cl)c(Cl)c4F)ncnc3cc1OC1CCOC1)C2. The Morgan fingerprint density at radius 3 is 2.56 bits per heavy atom. The molecule has 4 atom stereocenters. The van der Waals surface area contributed by atoms with Crippen molar-refractivity contribution < 1.29 is 23.4 Å². The van der Waals surface area contributed by atoms with Gasteiger partial charge in [-0.2, -0.15) is 0 Å². The van der Waals surface area contributed by atoms with Crippen molar-refractivity contribution in [3.05, 3.63) is 59.1 Å². The zero-order chi connectivity index (χ0) is 27.1. The molecule has 0 aliphatic carbocycles. The Bertz CT molecular complexity index is 1420. The van der Waals surface area contributed by atoms with Gasteiger partial charge in [0.2, 0.25) is 5.91 Å². The van der Waals surface area contributed by atoms with Crippen molar-refractivity contribution >= 4 is 51.5 Å². The number of hydrogen-bond acceptors (Lipinski definition) is 7. The van der Waals surface area contributed by atoms with Crippen molar-refractivity contribution in [3.63, 3.8) is 0 Å². The highest BCUT2D eigenvalue weighted by molar-refractivity contribution is 6.42. The van der Waals surface area contributed by atoms with Crippen molar-refractivity contribution in [3.8, 4) is 11.5 Å². The molecular formula is C28H27Cl2FN4O4. The summed E-state index contributed by atoms with van der Waals surface area (Å²) in [5, 5.41) is 3.59. The highest BCUT2D eigenvalue weighted by Gasteiger charge is 2.43. The van der Waals surface area contributed by atoms with Crippen LogP contribution in [0.1, 0.15) is 32.1 Å². The van der Waals surface area contributed by atoms with Gasteiger partial charge in [0.1, 0.15) is 24.4 Å². The van der Waals surface area contributed by atoms with Crippen LogP contribution in [0.15, 0.2) is 43.2 Å². The molecule has 2 unspecified atom stereocenters. The monoisotopic (exact) mass is 572 g/mol. The van der Waals surface area contributed by atoms with E-state index in [2.05, 4.69) is 21.9 Å². The molecule has 3 fully saturated rings. The van der Waals surface area contributed by atoms with Crippen molar-refractivity contribution in [2.75, 3.05) is 18.5 Å². The zero-order valence-electron chi connectivity index (χ0n) is 21.0. The molecule has 3 saturated heterocycles. The smallest absolute Gasteiger partial charge is 0.246 e. The molecular weight excluding hydrogens is 546 g/mol. The molecule has 3 aromatic rings. The third-order valence-corrected chi connectivity index (χ3v) is 8.36. The van der Waals surface area contributed by atoms with Gasteiger partial charge in [-0.25, -0.2) is 14.4 Å². The largest absolute Gasteiger partial charge is 0.486 e. The van der Waals surface area contributed by atoms with Gasteiger partial charge in [0.15, 0.2) is 17.3 Å². The number of nitrogens with zero attached hydrogens (tertiary/aromatic N) is 3. The number of fused-ring (bicyclic) bond motifs is 3. The maximum atomic E-state index is 14.8. The quantitative estimate of drug-likeness (QED) is 0.271. The number of hydrogen-bond donors (Lipinski definition) is 1. The predicted molar refractivity (Wildman–Crippen MR) is 147 cm³/mol. The van der Waals surface area contributed by atoms with E-state index in [0.717, 1.165) is 19.3 Å². The molecule has 2 bridgehead atoms. The van der Waals surface area contributed by atoms with E-state index >= 15 is 0 Å². The molecule has 3 aliphatic rings. The van der Waals surface area contributed by atoms with Crippen LogP contribution in [0, 0.1) is 5.82 Å². The lowest BCUT2D eigenvalue weighted by Crippen LogP contribution is -2.48. The van der Waals surface area contributed by atoms with Crippen LogP contribution in [0.2, 0.25) is 10.0 Å². The molecule has 4 heterocycles. The summed E-state index contributed by atoms with van der Waals surface area (Å²) in [7, 11) is 0. The second kappa shape index (κ2) is 10.8. The van der Waals surface area contributed by atoms with Gasteiger partial charge in [0, 0.05) is 42.8 Å². The molecule has 0 saturated carbocycles. The molecule has 0 radical (unpaired) electrons. The van der Waals surface area contributed by atoms with Crippen LogP contribution in [0.3, 0.4) is 0 Å². The first-order valence-corrected chi connectivity index (χ1v) is 13.7. The average molecular weight is 573 g/mol. The minimum Gasteiger partial charge on any atom is -0.486 e. The molecule has 0 spiro atoms. The van der Waals surface area contributed by atoms with Crippen molar-refractivity contribution in [2.45, 2.75) is 56.4 Å². The summed E-state index contributed by atoms with van der Waals surface area (Å²) in [6, 6.07) is 6.88. The molecule has 1 amide bonds. The van der Waals surface area contributed by atoms with Crippen LogP contribution in [0.25, 0.3) is 10.9 Å². The molecule has 1 N–H and O–H groups in total. The van der Waals surface area contributed by atoms with E-state index in [9.17, 15) is 9.18 Å². The molecule has 8 nitrogen and oxygen atoms in total. The molecule has 6 rings (SSSR count). The maximum absolute atomic E-state index is 14.8. The van der Waals surface area contributed by atoms with Crippen molar-refractivity contribution in [1.29, 1.82) is 0 Å². The molecule has 2 aromatic carbocycles. The number of carbonyl (C=O) groups is 1. The number of amides is 1. The predicted octanol–water partition coefficient (Wildman–Crippen LogP) is 6.07. The summed E-state index contributed by atoms with van der Waals surface area (Å²) >= 11 is 12.0. The van der Waals surface area contributed by atoms with Crippen LogP contribution >= 0.6 is 23.2 Å². The normalized spacial score (nSPS) is 24.1. The number of carbonyl (C=O) groups excluding carboxylic acids is 1. The number of piperidine rings is 1. The Hall–Kier alpha value is -3.14. The van der Waals surface area contributed by atoms with Gasteiger partial charge in [-0.3, -0.25) is 4.79 Å². The molecule has 204 valence electrons. The summed E-state index contributed by atoms with van der Waals surface area (Å²) < 4.78 is 33.2.